The van der Waals surface area contributed by atoms with Crippen LogP contribution in [0.4, 0.5) is 0 Å². The minimum absolute atomic E-state index is 0.176. The summed E-state index contributed by atoms with van der Waals surface area (Å²) in [4.78, 5) is 15.4. The summed E-state index contributed by atoms with van der Waals surface area (Å²) >= 11 is 0. The van der Waals surface area contributed by atoms with Crippen molar-refractivity contribution in [3.05, 3.63) is 24.3 Å². The maximum absolute atomic E-state index is 11.3. The number of carbonyl (C=O) groups is 1. The van der Waals surface area contributed by atoms with E-state index in [2.05, 4.69) is 27.1 Å². The number of aromatic amines is 1. The summed E-state index contributed by atoms with van der Waals surface area (Å²) in [7, 11) is 0. The molecule has 0 bridgehead atoms. The maximum Gasteiger partial charge on any atom is 0.291 e. The average Bonchev–Trinajstić information content (AvgIpc) is 2.62. The van der Waals surface area contributed by atoms with Crippen molar-refractivity contribution in [2.24, 2.45) is 0 Å². The second kappa shape index (κ2) is 4.55. The van der Waals surface area contributed by atoms with E-state index < -0.39 is 0 Å². The summed E-state index contributed by atoms with van der Waals surface area (Å²) in [5.74, 6) is 0.848. The van der Waals surface area contributed by atoms with Crippen molar-refractivity contribution in [2.75, 3.05) is 6.54 Å². The number of hydrogen-bond acceptors (Lipinski definition) is 3. The lowest BCUT2D eigenvalue weighted by atomic mass is 10.2. The summed E-state index contributed by atoms with van der Waals surface area (Å²) < 4.78 is 0. The fraction of sp³-hybridized carbons (Fsp3) is 0.444. The molecule has 0 aromatic carbocycles. The van der Waals surface area contributed by atoms with Gasteiger partial charge >= 0.3 is 0 Å². The highest BCUT2D eigenvalue weighted by atomic mass is 16.2. The third-order valence-electron chi connectivity index (χ3n) is 1.66. The van der Waals surface area contributed by atoms with E-state index >= 15 is 0 Å². The first kappa shape index (κ1) is 10.4. The number of rotatable bonds is 4. The van der Waals surface area contributed by atoms with E-state index in [9.17, 15) is 4.79 Å². The zero-order valence-corrected chi connectivity index (χ0v) is 8.37. The third-order valence-corrected chi connectivity index (χ3v) is 1.66. The van der Waals surface area contributed by atoms with Crippen molar-refractivity contribution in [2.45, 2.75) is 19.8 Å². The van der Waals surface area contributed by atoms with Crippen molar-refractivity contribution in [1.29, 1.82) is 0 Å². The van der Waals surface area contributed by atoms with E-state index in [4.69, 9.17) is 0 Å². The van der Waals surface area contributed by atoms with Gasteiger partial charge in [0.1, 0.15) is 5.82 Å². The van der Waals surface area contributed by atoms with Crippen LogP contribution in [0.2, 0.25) is 0 Å². The molecule has 5 heteroatoms. The first-order chi connectivity index (χ1) is 6.65. The van der Waals surface area contributed by atoms with Crippen LogP contribution in [0.3, 0.4) is 0 Å². The molecule has 0 fully saturated rings. The minimum atomic E-state index is -0.284. The Hall–Kier alpha value is -1.65. The van der Waals surface area contributed by atoms with Crippen molar-refractivity contribution in [3.63, 3.8) is 0 Å². The summed E-state index contributed by atoms with van der Waals surface area (Å²) in [6.07, 6.45) is 1.61. The van der Waals surface area contributed by atoms with Crippen LogP contribution in [-0.2, 0) is 0 Å². The van der Waals surface area contributed by atoms with E-state index in [0.717, 1.165) is 0 Å². The molecule has 2 N–H and O–H groups in total. The number of hydrogen-bond donors (Lipinski definition) is 2. The number of H-pyrrole nitrogens is 1. The number of aromatic nitrogens is 3. The molecule has 1 aromatic rings. The normalized spacial score (nSPS) is 10.2. The van der Waals surface area contributed by atoms with E-state index in [0.29, 0.717) is 12.4 Å². The van der Waals surface area contributed by atoms with Gasteiger partial charge in [-0.05, 0) is 0 Å². The van der Waals surface area contributed by atoms with Gasteiger partial charge in [0.15, 0.2) is 0 Å². The second-order valence-electron chi connectivity index (χ2n) is 3.20. The van der Waals surface area contributed by atoms with Gasteiger partial charge in [-0.25, -0.2) is 4.98 Å². The molecule has 0 unspecified atom stereocenters. The van der Waals surface area contributed by atoms with Crippen LogP contribution in [0.1, 0.15) is 36.2 Å². The lowest BCUT2D eigenvalue weighted by Crippen LogP contribution is -2.24. The molecule has 1 amide bonds. The molecule has 0 saturated heterocycles. The molecular formula is C9H14N4O. The topological polar surface area (TPSA) is 70.7 Å². The SMILES string of the molecule is C=CCNC(=O)c1n[nH]c(C(C)C)n1. The number of carbonyl (C=O) groups excluding carboxylic acids is 1. The van der Waals surface area contributed by atoms with Crippen LogP contribution < -0.4 is 5.32 Å². The van der Waals surface area contributed by atoms with Gasteiger partial charge in [-0.2, -0.15) is 0 Å². The molecule has 1 aromatic heterocycles. The molecule has 1 rings (SSSR count). The van der Waals surface area contributed by atoms with Crippen LogP contribution in [0, 0.1) is 0 Å². The summed E-state index contributed by atoms with van der Waals surface area (Å²) in [6.45, 7) is 7.87. The Morgan fingerprint density at radius 3 is 2.93 bits per heavy atom. The summed E-state index contributed by atoms with van der Waals surface area (Å²) in [5, 5.41) is 9.12. The molecule has 0 spiro atoms. The number of nitrogens with one attached hydrogen (secondary N) is 2. The van der Waals surface area contributed by atoms with E-state index in [1.54, 1.807) is 6.08 Å². The molecule has 76 valence electrons. The predicted molar refractivity (Wildman–Crippen MR) is 53.0 cm³/mol. The third kappa shape index (κ3) is 2.42. The first-order valence-electron chi connectivity index (χ1n) is 4.46. The smallest absolute Gasteiger partial charge is 0.291 e. The van der Waals surface area contributed by atoms with E-state index in [1.165, 1.54) is 0 Å². The first-order valence-corrected chi connectivity index (χ1v) is 4.46. The van der Waals surface area contributed by atoms with Gasteiger partial charge in [0.2, 0.25) is 5.82 Å². The lowest BCUT2D eigenvalue weighted by molar-refractivity contribution is 0.0948. The maximum atomic E-state index is 11.3. The predicted octanol–water partition coefficient (Wildman–Crippen LogP) is 0.844. The molecule has 0 atom stereocenters. The quantitative estimate of drug-likeness (QED) is 0.698. The highest BCUT2D eigenvalue weighted by Gasteiger charge is 2.12. The Kier molecular flexibility index (Phi) is 3.39. The van der Waals surface area contributed by atoms with Crippen LogP contribution in [-0.4, -0.2) is 27.6 Å². The summed E-state index contributed by atoms with van der Waals surface area (Å²) in [6, 6.07) is 0. The zero-order valence-electron chi connectivity index (χ0n) is 8.37. The number of amides is 1. The van der Waals surface area contributed by atoms with Crippen LogP contribution >= 0.6 is 0 Å². The Morgan fingerprint density at radius 2 is 2.43 bits per heavy atom. The standard InChI is InChI=1S/C9H14N4O/c1-4-5-10-9(14)8-11-7(6(2)3)12-13-8/h4,6H,1,5H2,2-3H3,(H,10,14)(H,11,12,13). The second-order valence-corrected chi connectivity index (χ2v) is 3.20. The van der Waals surface area contributed by atoms with Gasteiger partial charge < -0.3 is 5.32 Å². The highest BCUT2D eigenvalue weighted by molar-refractivity contribution is 5.90. The van der Waals surface area contributed by atoms with Crippen molar-refractivity contribution in [3.8, 4) is 0 Å². The molecule has 5 nitrogen and oxygen atoms in total. The Bertz CT molecular complexity index is 329. The van der Waals surface area contributed by atoms with Gasteiger partial charge in [0, 0.05) is 12.5 Å². The fourth-order valence-corrected chi connectivity index (χ4v) is 0.878. The zero-order chi connectivity index (χ0) is 10.6. The van der Waals surface area contributed by atoms with Crippen molar-refractivity contribution in [1.82, 2.24) is 20.5 Å². The van der Waals surface area contributed by atoms with Gasteiger partial charge in [-0.15, -0.1) is 11.7 Å². The Balaban J connectivity index is 2.66. The molecular weight excluding hydrogens is 180 g/mol. The van der Waals surface area contributed by atoms with E-state index in [-0.39, 0.29) is 17.6 Å². The van der Waals surface area contributed by atoms with Crippen molar-refractivity contribution < 1.29 is 4.79 Å². The van der Waals surface area contributed by atoms with Crippen molar-refractivity contribution >= 4 is 5.91 Å². The molecule has 0 radical (unpaired) electrons. The van der Waals surface area contributed by atoms with Crippen LogP contribution in [0.25, 0.3) is 0 Å². The summed E-state index contributed by atoms with van der Waals surface area (Å²) in [5.41, 5.74) is 0. The lowest BCUT2D eigenvalue weighted by Gasteiger charge is -1.96. The Morgan fingerprint density at radius 1 is 1.71 bits per heavy atom. The molecule has 1 heterocycles. The number of nitrogens with zero attached hydrogens (tertiary/aromatic N) is 2. The fourth-order valence-electron chi connectivity index (χ4n) is 0.878. The highest BCUT2D eigenvalue weighted by Crippen LogP contribution is 2.07. The Labute approximate surface area is 82.6 Å². The average molecular weight is 194 g/mol. The largest absolute Gasteiger partial charge is 0.346 e. The van der Waals surface area contributed by atoms with E-state index in [1.807, 2.05) is 13.8 Å². The molecule has 0 aliphatic heterocycles. The molecule has 0 saturated carbocycles. The molecule has 14 heavy (non-hydrogen) atoms. The van der Waals surface area contributed by atoms with Gasteiger partial charge in [0.05, 0.1) is 0 Å². The molecule has 0 aliphatic carbocycles. The monoisotopic (exact) mass is 194 g/mol. The molecule has 0 aliphatic rings. The van der Waals surface area contributed by atoms with Gasteiger partial charge in [-0.3, -0.25) is 9.89 Å². The minimum Gasteiger partial charge on any atom is -0.346 e. The van der Waals surface area contributed by atoms with Crippen LogP contribution in [0.15, 0.2) is 12.7 Å². The van der Waals surface area contributed by atoms with Gasteiger partial charge in [0.25, 0.3) is 5.91 Å². The van der Waals surface area contributed by atoms with Crippen LogP contribution in [0.5, 0.6) is 0 Å². The van der Waals surface area contributed by atoms with Gasteiger partial charge in [-0.1, -0.05) is 19.9 Å².